The Bertz CT molecular complexity index is 1480. The van der Waals surface area contributed by atoms with Crippen LogP contribution < -0.4 is 5.32 Å². The van der Waals surface area contributed by atoms with E-state index in [0.717, 1.165) is 43.9 Å². The van der Waals surface area contributed by atoms with E-state index in [1.807, 2.05) is 24.3 Å². The number of unbranched alkanes of at least 4 members (excludes halogenated alkanes) is 1. The van der Waals surface area contributed by atoms with Crippen LogP contribution in [0.5, 0.6) is 0 Å². The van der Waals surface area contributed by atoms with Gasteiger partial charge in [-0.1, -0.05) is 98.8 Å². The third kappa shape index (κ3) is 7.45. The van der Waals surface area contributed by atoms with Gasteiger partial charge >= 0.3 is 5.97 Å². The molecule has 1 saturated carbocycles. The second-order valence-electron chi connectivity index (χ2n) is 12.2. The Morgan fingerprint density at radius 2 is 1.70 bits per heavy atom. The number of aryl methyl sites for hydroxylation is 2. The number of rotatable bonds is 12. The molecule has 1 aromatic heterocycles. The largest absolute Gasteiger partial charge is 0.465 e. The molecule has 1 atom stereocenters. The number of hydrogen-bond donors (Lipinski definition) is 1. The van der Waals surface area contributed by atoms with Crippen LogP contribution in [0.2, 0.25) is 0 Å². The minimum atomic E-state index is -0.298. The predicted molar refractivity (Wildman–Crippen MR) is 176 cm³/mol. The average Bonchev–Trinajstić information content (AvgIpc) is 3.40. The summed E-state index contributed by atoms with van der Waals surface area (Å²) in [5.41, 5.74) is 9.12. The molecule has 1 heterocycles. The maximum Gasteiger partial charge on any atom is 0.337 e. The number of carbonyl (C=O) groups excluding carboxylic acids is 1. The lowest BCUT2D eigenvalue weighted by Gasteiger charge is -2.32. The normalized spacial score (nSPS) is 14.5. The number of ether oxygens (including phenoxy) is 1. The number of aromatic nitrogens is 2. The number of hydrogen-bond acceptors (Lipinski definition) is 4. The van der Waals surface area contributed by atoms with E-state index in [-0.39, 0.29) is 5.97 Å². The lowest BCUT2D eigenvalue weighted by Crippen LogP contribution is -2.39. The number of carbonyl (C=O) groups is 1. The Hall–Kier alpha value is -3.70. The molecule has 1 aliphatic rings. The summed E-state index contributed by atoms with van der Waals surface area (Å²) >= 11 is 0. The van der Waals surface area contributed by atoms with Gasteiger partial charge in [-0.25, -0.2) is 9.78 Å². The molecule has 4 aromatic rings. The molecule has 0 amide bonds. The van der Waals surface area contributed by atoms with Gasteiger partial charge in [0.1, 0.15) is 5.82 Å². The molecule has 1 N–H and O–H groups in total. The van der Waals surface area contributed by atoms with Crippen molar-refractivity contribution >= 4 is 5.97 Å². The molecule has 1 unspecified atom stereocenters. The molecular weight excluding hydrogens is 530 g/mol. The van der Waals surface area contributed by atoms with E-state index < -0.39 is 0 Å². The van der Waals surface area contributed by atoms with Crippen molar-refractivity contribution in [3.05, 3.63) is 101 Å². The van der Waals surface area contributed by atoms with Crippen molar-refractivity contribution in [1.82, 2.24) is 14.9 Å². The molecule has 5 nitrogen and oxygen atoms in total. The van der Waals surface area contributed by atoms with Gasteiger partial charge in [0.2, 0.25) is 0 Å². The smallest absolute Gasteiger partial charge is 0.337 e. The number of nitrogens with one attached hydrogen (secondary N) is 1. The summed E-state index contributed by atoms with van der Waals surface area (Å²) in [6, 6.07) is 25.7. The zero-order valence-electron chi connectivity index (χ0n) is 26.4. The fourth-order valence-electron chi connectivity index (χ4n) is 6.50. The van der Waals surface area contributed by atoms with Crippen molar-refractivity contribution in [3.8, 4) is 22.6 Å². The van der Waals surface area contributed by atoms with Crippen LogP contribution in [0.1, 0.15) is 84.6 Å². The molecular formula is C38H47N3O2. The second-order valence-corrected chi connectivity index (χ2v) is 12.2. The predicted octanol–water partition coefficient (Wildman–Crippen LogP) is 8.70. The number of imidazole rings is 1. The SMILES string of the molecule is CCCCn1c(-c2ccccc2C)nc(-c2ccc(C)cc2)c1CC(NCc1ccc(C(=O)OC)cc1)C1CCCCC1. The minimum absolute atomic E-state index is 0.298. The van der Waals surface area contributed by atoms with E-state index in [0.29, 0.717) is 17.5 Å². The van der Waals surface area contributed by atoms with Gasteiger partial charge in [-0.05, 0) is 62.3 Å². The van der Waals surface area contributed by atoms with Gasteiger partial charge in [-0.3, -0.25) is 0 Å². The minimum Gasteiger partial charge on any atom is -0.465 e. The van der Waals surface area contributed by atoms with Gasteiger partial charge in [-0.2, -0.15) is 0 Å². The summed E-state index contributed by atoms with van der Waals surface area (Å²) in [7, 11) is 1.42. The average molecular weight is 578 g/mol. The van der Waals surface area contributed by atoms with Crippen molar-refractivity contribution in [2.24, 2.45) is 5.92 Å². The van der Waals surface area contributed by atoms with Crippen LogP contribution in [0, 0.1) is 19.8 Å². The Morgan fingerprint density at radius 1 is 0.977 bits per heavy atom. The summed E-state index contributed by atoms with van der Waals surface area (Å²) in [6.45, 7) is 8.32. The number of methoxy groups -OCH3 is 1. The number of benzene rings is 3. The summed E-state index contributed by atoms with van der Waals surface area (Å²) in [5, 5.41) is 3.99. The van der Waals surface area contributed by atoms with Gasteiger partial charge in [0.15, 0.2) is 0 Å². The third-order valence-electron chi connectivity index (χ3n) is 9.09. The van der Waals surface area contributed by atoms with E-state index in [4.69, 9.17) is 9.72 Å². The van der Waals surface area contributed by atoms with Crippen LogP contribution in [-0.4, -0.2) is 28.7 Å². The molecule has 0 bridgehead atoms. The van der Waals surface area contributed by atoms with E-state index in [1.165, 1.54) is 72.7 Å². The molecule has 3 aromatic carbocycles. The van der Waals surface area contributed by atoms with Crippen molar-refractivity contribution in [2.75, 3.05) is 7.11 Å². The molecule has 0 aliphatic heterocycles. The first-order valence-electron chi connectivity index (χ1n) is 16.1. The maximum atomic E-state index is 12.0. The highest BCUT2D eigenvalue weighted by Gasteiger charge is 2.28. The molecule has 1 aliphatic carbocycles. The van der Waals surface area contributed by atoms with E-state index in [2.05, 4.69) is 79.2 Å². The highest BCUT2D eigenvalue weighted by Crippen LogP contribution is 2.35. The van der Waals surface area contributed by atoms with Gasteiger partial charge in [0.25, 0.3) is 0 Å². The molecule has 0 spiro atoms. The topological polar surface area (TPSA) is 56.2 Å². The van der Waals surface area contributed by atoms with Crippen LogP contribution in [0.3, 0.4) is 0 Å². The molecule has 5 rings (SSSR count). The van der Waals surface area contributed by atoms with Gasteiger partial charge in [0, 0.05) is 42.4 Å². The van der Waals surface area contributed by atoms with Crippen LogP contribution in [0.15, 0.2) is 72.8 Å². The van der Waals surface area contributed by atoms with Crippen LogP contribution in [0.4, 0.5) is 0 Å². The van der Waals surface area contributed by atoms with Crippen LogP contribution in [-0.2, 0) is 24.2 Å². The van der Waals surface area contributed by atoms with E-state index in [9.17, 15) is 4.79 Å². The van der Waals surface area contributed by atoms with Crippen LogP contribution in [0.25, 0.3) is 22.6 Å². The Kier molecular flexibility index (Phi) is 10.5. The number of esters is 1. The lowest BCUT2D eigenvalue weighted by molar-refractivity contribution is 0.0600. The molecule has 5 heteroatoms. The summed E-state index contributed by atoms with van der Waals surface area (Å²) < 4.78 is 7.42. The van der Waals surface area contributed by atoms with E-state index >= 15 is 0 Å². The monoisotopic (exact) mass is 577 g/mol. The molecule has 43 heavy (non-hydrogen) atoms. The zero-order chi connectivity index (χ0) is 30.2. The van der Waals surface area contributed by atoms with Gasteiger partial charge in [-0.15, -0.1) is 0 Å². The standard InChI is InChI=1S/C38H47N3O2/c1-5-6-24-41-35(36(31-20-16-27(2)17-21-31)40-37(41)33-15-11-10-12-28(33)3)25-34(30-13-8-7-9-14-30)39-26-29-18-22-32(23-19-29)38(42)43-4/h10-12,15-23,30,34,39H,5-9,13-14,24-26H2,1-4H3. The first-order chi connectivity index (χ1) is 21.0. The highest BCUT2D eigenvalue weighted by atomic mass is 16.5. The van der Waals surface area contributed by atoms with Crippen LogP contribution >= 0.6 is 0 Å². The summed E-state index contributed by atoms with van der Waals surface area (Å²) in [5.74, 6) is 1.40. The summed E-state index contributed by atoms with van der Waals surface area (Å²) in [6.07, 6.45) is 9.62. The fraction of sp³-hybridized carbons (Fsp3) is 0.421. The first kappa shape index (κ1) is 30.7. The van der Waals surface area contributed by atoms with E-state index in [1.54, 1.807) is 0 Å². The molecule has 0 radical (unpaired) electrons. The Balaban J connectivity index is 1.54. The third-order valence-corrected chi connectivity index (χ3v) is 9.09. The first-order valence-corrected chi connectivity index (χ1v) is 16.1. The molecule has 226 valence electrons. The van der Waals surface area contributed by atoms with Crippen molar-refractivity contribution in [3.63, 3.8) is 0 Å². The van der Waals surface area contributed by atoms with Gasteiger partial charge in [0.05, 0.1) is 18.4 Å². The van der Waals surface area contributed by atoms with Crippen molar-refractivity contribution in [1.29, 1.82) is 0 Å². The number of nitrogens with zero attached hydrogens (tertiary/aromatic N) is 2. The maximum absolute atomic E-state index is 12.0. The lowest BCUT2D eigenvalue weighted by atomic mass is 9.81. The second kappa shape index (κ2) is 14.7. The fourth-order valence-corrected chi connectivity index (χ4v) is 6.50. The summed E-state index contributed by atoms with van der Waals surface area (Å²) in [4.78, 5) is 17.4. The van der Waals surface area contributed by atoms with Gasteiger partial charge < -0.3 is 14.6 Å². The Labute approximate surface area is 257 Å². The molecule has 0 saturated heterocycles. The zero-order valence-corrected chi connectivity index (χ0v) is 26.4. The highest BCUT2D eigenvalue weighted by molar-refractivity contribution is 5.89. The molecule has 1 fully saturated rings. The quantitative estimate of drug-likeness (QED) is 0.171. The Morgan fingerprint density at radius 3 is 2.37 bits per heavy atom. The van der Waals surface area contributed by atoms with Crippen molar-refractivity contribution < 1.29 is 9.53 Å². The van der Waals surface area contributed by atoms with Crippen molar-refractivity contribution in [2.45, 2.75) is 91.3 Å².